The van der Waals surface area contributed by atoms with E-state index in [4.69, 9.17) is 0 Å². The number of nitro benzene ring substituents is 1. The molecular weight excluding hydrogens is 248 g/mol. The second-order valence-electron chi connectivity index (χ2n) is 4.73. The molecule has 1 aromatic rings. The molecule has 1 amide bonds. The van der Waals surface area contributed by atoms with Crippen LogP contribution in [-0.4, -0.2) is 28.1 Å². The molecule has 1 aromatic carbocycles. The summed E-state index contributed by atoms with van der Waals surface area (Å²) in [6.45, 7) is 3.68. The van der Waals surface area contributed by atoms with Gasteiger partial charge in [0.15, 0.2) is 0 Å². The average molecular weight is 266 g/mol. The van der Waals surface area contributed by atoms with Crippen molar-refractivity contribution in [2.45, 2.75) is 32.3 Å². The molecule has 0 spiro atoms. The first-order chi connectivity index (χ1) is 8.84. The Morgan fingerprint density at radius 1 is 1.42 bits per heavy atom. The molecule has 19 heavy (non-hydrogen) atoms. The molecule has 1 rings (SSSR count). The number of carbonyl (C=O) groups excluding carboxylic acids is 1. The predicted molar refractivity (Wildman–Crippen MR) is 70.7 cm³/mol. The molecule has 0 aromatic heterocycles. The largest absolute Gasteiger partial charge is 0.388 e. The molecule has 6 heteroatoms. The van der Waals surface area contributed by atoms with Gasteiger partial charge in [-0.2, -0.15) is 0 Å². The Hall–Kier alpha value is -1.95. The highest BCUT2D eigenvalue weighted by atomic mass is 16.6. The number of benzene rings is 1. The van der Waals surface area contributed by atoms with Crippen LogP contribution in [0.15, 0.2) is 24.3 Å². The van der Waals surface area contributed by atoms with Crippen LogP contribution < -0.4 is 5.32 Å². The van der Waals surface area contributed by atoms with Gasteiger partial charge < -0.3 is 10.4 Å². The number of aliphatic hydroxyl groups is 1. The molecular formula is C13H18N2O4. The van der Waals surface area contributed by atoms with Crippen molar-refractivity contribution in [3.8, 4) is 0 Å². The number of amides is 1. The number of non-ortho nitro benzene ring substituents is 1. The molecule has 0 fully saturated rings. The first-order valence-electron chi connectivity index (χ1n) is 6.06. The van der Waals surface area contributed by atoms with E-state index in [1.165, 1.54) is 12.1 Å². The molecule has 0 bridgehead atoms. The van der Waals surface area contributed by atoms with Gasteiger partial charge in [0, 0.05) is 18.7 Å². The Labute approximate surface area is 111 Å². The standard InChI is InChI=1S/C13H18N2O4/c1-3-13(2,17)9-14-12(16)8-10-4-6-11(7-5-10)15(18)19/h4-7,17H,3,8-9H2,1-2H3,(H,14,16). The van der Waals surface area contributed by atoms with E-state index in [0.717, 1.165) is 0 Å². The Morgan fingerprint density at radius 3 is 2.47 bits per heavy atom. The third-order valence-corrected chi connectivity index (χ3v) is 2.94. The molecule has 104 valence electrons. The fourth-order valence-corrected chi connectivity index (χ4v) is 1.40. The van der Waals surface area contributed by atoms with Gasteiger partial charge in [-0.05, 0) is 18.9 Å². The molecule has 2 N–H and O–H groups in total. The van der Waals surface area contributed by atoms with Crippen molar-refractivity contribution < 1.29 is 14.8 Å². The van der Waals surface area contributed by atoms with Crippen LogP contribution in [0.3, 0.4) is 0 Å². The van der Waals surface area contributed by atoms with Gasteiger partial charge in [-0.1, -0.05) is 19.1 Å². The van der Waals surface area contributed by atoms with Gasteiger partial charge in [0.25, 0.3) is 5.69 Å². The second-order valence-corrected chi connectivity index (χ2v) is 4.73. The van der Waals surface area contributed by atoms with E-state index >= 15 is 0 Å². The zero-order valence-corrected chi connectivity index (χ0v) is 11.0. The van der Waals surface area contributed by atoms with Gasteiger partial charge in [0.05, 0.1) is 16.9 Å². The summed E-state index contributed by atoms with van der Waals surface area (Å²) < 4.78 is 0. The summed E-state index contributed by atoms with van der Waals surface area (Å²) in [5.74, 6) is -0.220. The highest BCUT2D eigenvalue weighted by molar-refractivity contribution is 5.78. The fraction of sp³-hybridized carbons (Fsp3) is 0.462. The number of nitrogens with one attached hydrogen (secondary N) is 1. The summed E-state index contributed by atoms with van der Waals surface area (Å²) in [6, 6.07) is 5.83. The number of rotatable bonds is 6. The predicted octanol–water partition coefficient (Wildman–Crippen LogP) is 1.41. The van der Waals surface area contributed by atoms with E-state index in [0.29, 0.717) is 12.0 Å². The topological polar surface area (TPSA) is 92.5 Å². The fourth-order valence-electron chi connectivity index (χ4n) is 1.40. The first kappa shape index (κ1) is 15.1. The highest BCUT2D eigenvalue weighted by Crippen LogP contribution is 2.12. The highest BCUT2D eigenvalue weighted by Gasteiger charge is 2.18. The van der Waals surface area contributed by atoms with Gasteiger partial charge in [0.2, 0.25) is 5.91 Å². The summed E-state index contributed by atoms with van der Waals surface area (Å²) in [7, 11) is 0. The number of carbonyl (C=O) groups is 1. The van der Waals surface area contributed by atoms with Crippen LogP contribution in [0.25, 0.3) is 0 Å². The van der Waals surface area contributed by atoms with E-state index in [1.807, 2.05) is 6.92 Å². The first-order valence-corrected chi connectivity index (χ1v) is 6.06. The molecule has 0 saturated heterocycles. The molecule has 6 nitrogen and oxygen atoms in total. The van der Waals surface area contributed by atoms with Crippen LogP contribution in [0.1, 0.15) is 25.8 Å². The van der Waals surface area contributed by atoms with Gasteiger partial charge in [-0.25, -0.2) is 0 Å². The van der Waals surface area contributed by atoms with E-state index in [1.54, 1.807) is 19.1 Å². The van der Waals surface area contributed by atoms with Gasteiger partial charge >= 0.3 is 0 Å². The summed E-state index contributed by atoms with van der Waals surface area (Å²) in [6.07, 6.45) is 0.683. The maximum absolute atomic E-state index is 11.6. The third kappa shape index (κ3) is 5.05. The smallest absolute Gasteiger partial charge is 0.269 e. The molecule has 1 unspecified atom stereocenters. The summed E-state index contributed by atoms with van der Waals surface area (Å²) in [5, 5.41) is 22.9. The molecule has 0 aliphatic rings. The Kier molecular flexibility index (Phi) is 5.00. The lowest BCUT2D eigenvalue weighted by Gasteiger charge is -2.21. The monoisotopic (exact) mass is 266 g/mol. The minimum absolute atomic E-state index is 0.00178. The Bertz CT molecular complexity index is 454. The maximum Gasteiger partial charge on any atom is 0.269 e. The van der Waals surface area contributed by atoms with E-state index < -0.39 is 10.5 Å². The molecule has 0 heterocycles. The number of hydrogen-bond acceptors (Lipinski definition) is 4. The summed E-state index contributed by atoms with van der Waals surface area (Å²) in [4.78, 5) is 21.6. The van der Waals surface area contributed by atoms with Gasteiger partial charge in [0.1, 0.15) is 0 Å². The zero-order chi connectivity index (χ0) is 14.5. The third-order valence-electron chi connectivity index (χ3n) is 2.94. The van der Waals surface area contributed by atoms with Crippen molar-refractivity contribution in [3.05, 3.63) is 39.9 Å². The normalized spacial score (nSPS) is 13.6. The molecule has 0 aliphatic carbocycles. The van der Waals surface area contributed by atoms with E-state index in [-0.39, 0.29) is 24.6 Å². The molecule has 0 saturated carbocycles. The Balaban J connectivity index is 2.51. The SMILES string of the molecule is CCC(C)(O)CNC(=O)Cc1ccc([N+](=O)[O-])cc1. The van der Waals surface area contributed by atoms with Crippen molar-refractivity contribution in [2.75, 3.05) is 6.54 Å². The molecule has 0 aliphatic heterocycles. The van der Waals surface area contributed by atoms with Gasteiger partial charge in [-0.3, -0.25) is 14.9 Å². The van der Waals surface area contributed by atoms with Crippen LogP contribution in [0.2, 0.25) is 0 Å². The summed E-state index contributed by atoms with van der Waals surface area (Å²) in [5.41, 5.74) is -0.220. The van der Waals surface area contributed by atoms with Crippen LogP contribution in [0.5, 0.6) is 0 Å². The van der Waals surface area contributed by atoms with Gasteiger partial charge in [-0.15, -0.1) is 0 Å². The maximum atomic E-state index is 11.6. The minimum atomic E-state index is -0.912. The number of nitrogens with zero attached hydrogens (tertiary/aromatic N) is 1. The van der Waals surface area contributed by atoms with Crippen molar-refractivity contribution in [3.63, 3.8) is 0 Å². The quantitative estimate of drug-likeness (QED) is 0.601. The van der Waals surface area contributed by atoms with Crippen LogP contribution in [0, 0.1) is 10.1 Å². The lowest BCUT2D eigenvalue weighted by molar-refractivity contribution is -0.384. The lowest BCUT2D eigenvalue weighted by Crippen LogP contribution is -2.40. The number of nitro groups is 1. The van der Waals surface area contributed by atoms with Crippen LogP contribution in [-0.2, 0) is 11.2 Å². The molecule has 1 atom stereocenters. The van der Waals surface area contributed by atoms with Crippen LogP contribution in [0.4, 0.5) is 5.69 Å². The minimum Gasteiger partial charge on any atom is -0.388 e. The molecule has 0 radical (unpaired) electrons. The van der Waals surface area contributed by atoms with Crippen molar-refractivity contribution in [1.82, 2.24) is 5.32 Å². The average Bonchev–Trinajstić information content (AvgIpc) is 2.37. The lowest BCUT2D eigenvalue weighted by atomic mass is 10.0. The van der Waals surface area contributed by atoms with Crippen LogP contribution >= 0.6 is 0 Å². The number of hydrogen-bond donors (Lipinski definition) is 2. The summed E-state index contributed by atoms with van der Waals surface area (Å²) >= 11 is 0. The Morgan fingerprint density at radius 2 is 2.00 bits per heavy atom. The van der Waals surface area contributed by atoms with Crippen molar-refractivity contribution in [2.24, 2.45) is 0 Å². The zero-order valence-electron chi connectivity index (χ0n) is 11.0. The van der Waals surface area contributed by atoms with Crippen molar-refractivity contribution in [1.29, 1.82) is 0 Å². The second kappa shape index (κ2) is 6.29. The van der Waals surface area contributed by atoms with E-state index in [2.05, 4.69) is 5.32 Å². The van der Waals surface area contributed by atoms with Crippen molar-refractivity contribution >= 4 is 11.6 Å². The van der Waals surface area contributed by atoms with E-state index in [9.17, 15) is 20.0 Å².